The van der Waals surface area contributed by atoms with Crippen LogP contribution in [0.4, 0.5) is 0 Å². The van der Waals surface area contributed by atoms with Gasteiger partial charge in [0.05, 0.1) is 43.7 Å². The number of rotatable bonds is 5. The smallest absolute Gasteiger partial charge is 0.243 e. The monoisotopic (exact) mass is 350 g/mol. The Kier molecular flexibility index (Phi) is 6.02. The van der Waals surface area contributed by atoms with Gasteiger partial charge in [-0.15, -0.1) is 0 Å². The highest BCUT2D eigenvalue weighted by atomic mass is 32.2. The molecule has 1 N–H and O–H groups in total. The molecule has 1 aromatic rings. The molecule has 1 aromatic carbocycles. The molecule has 24 heavy (non-hydrogen) atoms. The molecular formula is C18H28N3O2S+. The number of piperazine rings is 1. The zero-order chi connectivity index (χ0) is 17.8. The lowest BCUT2D eigenvalue weighted by molar-refractivity contribution is -0.903. The number of nitrogens with zero attached hydrogens (tertiary/aromatic N) is 2. The number of sulfonamides is 1. The van der Waals surface area contributed by atoms with E-state index in [1.807, 2.05) is 12.1 Å². The summed E-state index contributed by atoms with van der Waals surface area (Å²) in [6.45, 7) is 10.0. The fourth-order valence-electron chi connectivity index (χ4n) is 2.99. The van der Waals surface area contributed by atoms with E-state index >= 15 is 0 Å². The number of quaternary nitrogens is 1. The van der Waals surface area contributed by atoms with Gasteiger partial charge in [0.1, 0.15) is 0 Å². The SMILES string of the molecule is CC(C)(C)c1ccc(S(=O)(=O)N2CC[NH+](CCCC#N)CC2)cc1. The van der Waals surface area contributed by atoms with E-state index in [2.05, 4.69) is 26.8 Å². The second-order valence-electron chi connectivity index (χ2n) is 7.44. The van der Waals surface area contributed by atoms with Gasteiger partial charge >= 0.3 is 0 Å². The van der Waals surface area contributed by atoms with Gasteiger partial charge in [-0.2, -0.15) is 9.57 Å². The predicted octanol–water partition coefficient (Wildman–Crippen LogP) is 1.18. The second kappa shape index (κ2) is 7.64. The lowest BCUT2D eigenvalue weighted by Gasteiger charge is -2.31. The number of nitrogens with one attached hydrogen (secondary N) is 1. The van der Waals surface area contributed by atoms with Crippen LogP contribution in [-0.2, 0) is 15.4 Å². The Morgan fingerprint density at radius 2 is 1.75 bits per heavy atom. The summed E-state index contributed by atoms with van der Waals surface area (Å²) in [5.41, 5.74) is 1.15. The lowest BCUT2D eigenvalue weighted by atomic mass is 9.87. The largest absolute Gasteiger partial charge is 0.333 e. The molecule has 1 saturated heterocycles. The summed E-state index contributed by atoms with van der Waals surface area (Å²) in [6, 6.07) is 9.43. The highest BCUT2D eigenvalue weighted by Crippen LogP contribution is 2.24. The van der Waals surface area contributed by atoms with E-state index in [0.29, 0.717) is 24.4 Å². The highest BCUT2D eigenvalue weighted by Gasteiger charge is 2.30. The van der Waals surface area contributed by atoms with Crippen molar-refractivity contribution in [3.05, 3.63) is 29.8 Å². The van der Waals surface area contributed by atoms with E-state index < -0.39 is 10.0 Å². The molecule has 0 radical (unpaired) electrons. The van der Waals surface area contributed by atoms with Crippen LogP contribution in [0, 0.1) is 11.3 Å². The van der Waals surface area contributed by atoms with Gasteiger partial charge in [0.2, 0.25) is 10.0 Å². The average Bonchev–Trinajstić information content (AvgIpc) is 2.55. The molecule has 0 spiro atoms. The molecule has 0 aliphatic carbocycles. The van der Waals surface area contributed by atoms with Crippen LogP contribution < -0.4 is 4.90 Å². The first-order valence-electron chi connectivity index (χ1n) is 8.56. The van der Waals surface area contributed by atoms with Gasteiger partial charge < -0.3 is 4.90 Å². The van der Waals surface area contributed by atoms with Gasteiger partial charge in [-0.3, -0.25) is 0 Å². The molecule has 0 saturated carbocycles. The van der Waals surface area contributed by atoms with Crippen molar-refractivity contribution >= 4 is 10.0 Å². The van der Waals surface area contributed by atoms with E-state index in [-0.39, 0.29) is 5.41 Å². The van der Waals surface area contributed by atoms with Crippen molar-refractivity contribution in [2.45, 2.75) is 43.9 Å². The van der Waals surface area contributed by atoms with E-state index in [1.165, 1.54) is 4.90 Å². The Bertz CT molecular complexity index is 676. The standard InChI is InChI=1S/C18H27N3O2S/c1-18(2,3)16-6-8-17(9-7-16)24(22,23)21-14-12-20(13-15-21)11-5-4-10-19/h6-9H,4-5,11-15H2,1-3H3/p+1. The van der Waals surface area contributed by atoms with Crippen LogP contribution in [0.2, 0.25) is 0 Å². The van der Waals surface area contributed by atoms with Crippen molar-refractivity contribution in [3.63, 3.8) is 0 Å². The molecule has 6 heteroatoms. The molecule has 1 aliphatic rings. The fourth-order valence-corrected chi connectivity index (χ4v) is 4.43. The van der Waals surface area contributed by atoms with Crippen LogP contribution in [0.1, 0.15) is 39.2 Å². The summed E-state index contributed by atoms with van der Waals surface area (Å²) in [5.74, 6) is 0. The maximum atomic E-state index is 12.8. The van der Waals surface area contributed by atoms with Crippen LogP contribution in [0.25, 0.3) is 0 Å². The molecule has 5 nitrogen and oxygen atoms in total. The van der Waals surface area contributed by atoms with Crippen molar-refractivity contribution in [1.29, 1.82) is 5.26 Å². The van der Waals surface area contributed by atoms with Gasteiger partial charge in [0.25, 0.3) is 0 Å². The first kappa shape index (κ1) is 18.9. The minimum absolute atomic E-state index is 0.0146. The van der Waals surface area contributed by atoms with Crippen molar-refractivity contribution in [1.82, 2.24) is 4.31 Å². The summed E-state index contributed by atoms with van der Waals surface area (Å²) in [5, 5.41) is 8.59. The number of unbranched alkanes of at least 4 members (excludes halogenated alkanes) is 1. The zero-order valence-corrected chi connectivity index (χ0v) is 15.7. The van der Waals surface area contributed by atoms with Gasteiger partial charge in [0, 0.05) is 12.8 Å². The number of benzene rings is 1. The van der Waals surface area contributed by atoms with Crippen LogP contribution >= 0.6 is 0 Å². The number of nitriles is 1. The van der Waals surface area contributed by atoms with Gasteiger partial charge in [-0.25, -0.2) is 8.42 Å². The maximum Gasteiger partial charge on any atom is 0.243 e. The molecule has 0 bridgehead atoms. The van der Waals surface area contributed by atoms with Crippen LogP contribution in [-0.4, -0.2) is 45.4 Å². The molecule has 2 rings (SSSR count). The summed E-state index contributed by atoms with van der Waals surface area (Å²) in [6.07, 6.45) is 1.46. The summed E-state index contributed by atoms with van der Waals surface area (Å²) in [7, 11) is -3.41. The molecule has 0 amide bonds. The minimum atomic E-state index is -3.41. The number of hydrogen-bond acceptors (Lipinski definition) is 3. The van der Waals surface area contributed by atoms with E-state index in [4.69, 9.17) is 5.26 Å². The fraction of sp³-hybridized carbons (Fsp3) is 0.611. The van der Waals surface area contributed by atoms with Gasteiger partial charge in [0.15, 0.2) is 0 Å². The van der Waals surface area contributed by atoms with Crippen LogP contribution in [0.15, 0.2) is 29.2 Å². The van der Waals surface area contributed by atoms with Gasteiger partial charge in [-0.1, -0.05) is 32.9 Å². The topological polar surface area (TPSA) is 65.6 Å². The van der Waals surface area contributed by atoms with Crippen LogP contribution in [0.5, 0.6) is 0 Å². The quantitative estimate of drug-likeness (QED) is 0.811. The van der Waals surface area contributed by atoms with E-state index in [9.17, 15) is 8.42 Å². The number of hydrogen-bond donors (Lipinski definition) is 1. The third kappa shape index (κ3) is 4.56. The third-order valence-electron chi connectivity index (χ3n) is 4.61. The van der Waals surface area contributed by atoms with Crippen molar-refractivity contribution in [2.75, 3.05) is 32.7 Å². The molecule has 132 valence electrons. The Balaban J connectivity index is 2.00. The summed E-state index contributed by atoms with van der Waals surface area (Å²) < 4.78 is 27.2. The summed E-state index contributed by atoms with van der Waals surface area (Å²) >= 11 is 0. The van der Waals surface area contributed by atoms with Crippen molar-refractivity contribution < 1.29 is 13.3 Å². The van der Waals surface area contributed by atoms with Crippen molar-refractivity contribution in [2.24, 2.45) is 0 Å². The van der Waals surface area contributed by atoms with Crippen LogP contribution in [0.3, 0.4) is 0 Å². The molecule has 1 heterocycles. The molecule has 0 unspecified atom stereocenters. The third-order valence-corrected chi connectivity index (χ3v) is 6.52. The average molecular weight is 351 g/mol. The highest BCUT2D eigenvalue weighted by molar-refractivity contribution is 7.89. The first-order chi connectivity index (χ1) is 11.2. The predicted molar refractivity (Wildman–Crippen MR) is 94.3 cm³/mol. The Hall–Kier alpha value is -1.42. The van der Waals surface area contributed by atoms with Gasteiger partial charge in [-0.05, 0) is 23.1 Å². The van der Waals surface area contributed by atoms with E-state index in [0.717, 1.165) is 31.6 Å². The summed E-state index contributed by atoms with van der Waals surface area (Å²) in [4.78, 5) is 1.77. The Morgan fingerprint density at radius 1 is 1.17 bits per heavy atom. The molecule has 0 atom stereocenters. The Morgan fingerprint density at radius 3 is 2.25 bits per heavy atom. The second-order valence-corrected chi connectivity index (χ2v) is 9.38. The molecule has 1 fully saturated rings. The maximum absolute atomic E-state index is 12.8. The normalized spacial score (nSPS) is 17.6. The first-order valence-corrected chi connectivity index (χ1v) is 10.0. The molecule has 1 aliphatic heterocycles. The molecule has 0 aromatic heterocycles. The zero-order valence-electron chi connectivity index (χ0n) is 14.9. The van der Waals surface area contributed by atoms with E-state index in [1.54, 1.807) is 16.4 Å². The molecular weight excluding hydrogens is 322 g/mol. The Labute approximate surface area is 145 Å². The minimum Gasteiger partial charge on any atom is -0.333 e. The van der Waals surface area contributed by atoms with Crippen molar-refractivity contribution in [3.8, 4) is 6.07 Å². The lowest BCUT2D eigenvalue weighted by Crippen LogP contribution is -3.14.